The highest BCUT2D eigenvalue weighted by Gasteiger charge is 2.31. The van der Waals surface area contributed by atoms with Gasteiger partial charge in [0.05, 0.1) is 12.1 Å². The Kier molecular flexibility index (Phi) is 4.96. The molecule has 5 heteroatoms. The molecule has 1 aliphatic heterocycles. The molecule has 106 valence electrons. The number of rotatable bonds is 5. The average Bonchev–Trinajstić information content (AvgIpc) is 3.05. The van der Waals surface area contributed by atoms with E-state index in [9.17, 15) is 4.79 Å². The first-order chi connectivity index (χ1) is 9.11. The summed E-state index contributed by atoms with van der Waals surface area (Å²) in [4.78, 5) is 13.4. The maximum absolute atomic E-state index is 12.2. The van der Waals surface area contributed by atoms with Crippen LogP contribution in [0.1, 0.15) is 37.6 Å². The van der Waals surface area contributed by atoms with Crippen LogP contribution >= 0.6 is 11.3 Å². The number of ether oxygens (including phenoxy) is 1. The third-order valence-electron chi connectivity index (χ3n) is 3.48. The monoisotopic (exact) mass is 282 g/mol. The molecule has 1 fully saturated rings. The zero-order valence-corrected chi connectivity index (χ0v) is 12.3. The van der Waals surface area contributed by atoms with Crippen LogP contribution in [0.2, 0.25) is 0 Å². The number of hydrogen-bond donors (Lipinski definition) is 2. The van der Waals surface area contributed by atoms with Crippen molar-refractivity contribution in [1.82, 2.24) is 5.32 Å². The zero-order valence-electron chi connectivity index (χ0n) is 11.5. The van der Waals surface area contributed by atoms with Crippen molar-refractivity contribution >= 4 is 17.2 Å². The van der Waals surface area contributed by atoms with Crippen LogP contribution in [0.25, 0.3) is 0 Å². The fourth-order valence-corrected chi connectivity index (χ4v) is 3.30. The van der Waals surface area contributed by atoms with E-state index < -0.39 is 0 Å². The molecule has 1 aliphatic rings. The Morgan fingerprint density at radius 1 is 1.58 bits per heavy atom. The van der Waals surface area contributed by atoms with E-state index in [2.05, 4.69) is 25.2 Å². The zero-order chi connectivity index (χ0) is 13.8. The number of carbonyl (C=O) groups is 1. The minimum Gasteiger partial charge on any atom is -0.364 e. The lowest BCUT2D eigenvalue weighted by atomic mass is 10.0. The molecular formula is C14H22N2O2S. The molecule has 2 rings (SSSR count). The van der Waals surface area contributed by atoms with Crippen molar-refractivity contribution < 1.29 is 9.53 Å². The normalized spacial score (nSPS) is 24.6. The molecule has 3 N–H and O–H groups in total. The van der Waals surface area contributed by atoms with Crippen LogP contribution in [-0.4, -0.2) is 24.7 Å². The van der Waals surface area contributed by atoms with Crippen LogP contribution in [0.5, 0.6) is 0 Å². The van der Waals surface area contributed by atoms with Gasteiger partial charge < -0.3 is 15.8 Å². The summed E-state index contributed by atoms with van der Waals surface area (Å²) in [5, 5.41) is 5.15. The van der Waals surface area contributed by atoms with Gasteiger partial charge >= 0.3 is 0 Å². The minimum absolute atomic E-state index is 0.0111. The van der Waals surface area contributed by atoms with Gasteiger partial charge in [-0.15, -0.1) is 11.3 Å². The second-order valence-corrected chi connectivity index (χ2v) is 6.28. The van der Waals surface area contributed by atoms with Crippen LogP contribution in [0.4, 0.5) is 0 Å². The highest BCUT2D eigenvalue weighted by Crippen LogP contribution is 2.27. The molecule has 19 heavy (non-hydrogen) atoms. The average molecular weight is 282 g/mol. The van der Waals surface area contributed by atoms with Crippen LogP contribution in [0, 0.1) is 5.92 Å². The van der Waals surface area contributed by atoms with E-state index in [1.54, 1.807) is 11.3 Å². The van der Waals surface area contributed by atoms with Gasteiger partial charge in [0.1, 0.15) is 6.10 Å². The van der Waals surface area contributed by atoms with Crippen LogP contribution in [0.15, 0.2) is 17.5 Å². The highest BCUT2D eigenvalue weighted by molar-refractivity contribution is 7.10. The van der Waals surface area contributed by atoms with Gasteiger partial charge in [0.25, 0.3) is 0 Å². The molecule has 2 heterocycles. The largest absolute Gasteiger partial charge is 0.364 e. The topological polar surface area (TPSA) is 64.4 Å². The van der Waals surface area contributed by atoms with Crippen molar-refractivity contribution in [1.29, 1.82) is 0 Å². The summed E-state index contributed by atoms with van der Waals surface area (Å²) in [6, 6.07) is 4.14. The fraction of sp³-hybridized carbons (Fsp3) is 0.643. The van der Waals surface area contributed by atoms with Gasteiger partial charge in [-0.05, 0) is 30.2 Å². The summed E-state index contributed by atoms with van der Waals surface area (Å²) in [5.74, 6) is 0.345. The van der Waals surface area contributed by atoms with E-state index >= 15 is 0 Å². The standard InChI is InChI=1S/C14H22N2O2S/c1-9(2)13(12-4-3-7-19-12)16-14(17)11-6-5-10(8-15)18-11/h3-4,7,9-11,13H,5-6,8,15H2,1-2H3,(H,16,17). The predicted octanol–water partition coefficient (Wildman–Crippen LogP) is 2.07. The molecule has 3 atom stereocenters. The molecule has 1 aromatic rings. The van der Waals surface area contributed by atoms with Gasteiger partial charge in [0.2, 0.25) is 5.91 Å². The second kappa shape index (κ2) is 6.50. The Morgan fingerprint density at radius 2 is 2.37 bits per heavy atom. The molecule has 0 spiro atoms. The Morgan fingerprint density at radius 3 is 2.89 bits per heavy atom. The van der Waals surface area contributed by atoms with Gasteiger partial charge in [0.15, 0.2) is 0 Å². The molecule has 0 bridgehead atoms. The molecule has 4 nitrogen and oxygen atoms in total. The fourth-order valence-electron chi connectivity index (χ4n) is 2.35. The van der Waals surface area contributed by atoms with E-state index in [0.717, 1.165) is 12.8 Å². The quantitative estimate of drug-likeness (QED) is 0.869. The Labute approximate surface area is 118 Å². The number of thiophene rings is 1. The number of nitrogens with two attached hydrogens (primary N) is 1. The van der Waals surface area contributed by atoms with Crippen LogP contribution in [-0.2, 0) is 9.53 Å². The second-order valence-electron chi connectivity index (χ2n) is 5.31. The molecule has 0 aliphatic carbocycles. The number of carbonyl (C=O) groups excluding carboxylic acids is 1. The van der Waals surface area contributed by atoms with Crippen molar-refractivity contribution in [2.75, 3.05) is 6.54 Å². The summed E-state index contributed by atoms with van der Waals surface area (Å²) in [6.07, 6.45) is 1.34. The summed E-state index contributed by atoms with van der Waals surface area (Å²) in [6.45, 7) is 4.72. The summed E-state index contributed by atoms with van der Waals surface area (Å²) < 4.78 is 5.64. The van der Waals surface area contributed by atoms with Gasteiger partial charge in [-0.25, -0.2) is 0 Å². The molecule has 1 amide bonds. The van der Waals surface area contributed by atoms with Crippen molar-refractivity contribution in [3.63, 3.8) is 0 Å². The summed E-state index contributed by atoms with van der Waals surface area (Å²) >= 11 is 1.67. The molecule has 0 aromatic carbocycles. The van der Waals surface area contributed by atoms with Crippen LogP contribution in [0.3, 0.4) is 0 Å². The maximum atomic E-state index is 12.2. The van der Waals surface area contributed by atoms with Gasteiger partial charge in [-0.1, -0.05) is 19.9 Å². The lowest BCUT2D eigenvalue weighted by Gasteiger charge is -2.23. The van der Waals surface area contributed by atoms with Crippen molar-refractivity contribution in [3.8, 4) is 0 Å². The predicted molar refractivity (Wildman–Crippen MR) is 77.0 cm³/mol. The lowest BCUT2D eigenvalue weighted by Crippen LogP contribution is -2.39. The maximum Gasteiger partial charge on any atom is 0.249 e. The smallest absolute Gasteiger partial charge is 0.249 e. The third kappa shape index (κ3) is 3.55. The van der Waals surface area contributed by atoms with Crippen molar-refractivity contribution in [3.05, 3.63) is 22.4 Å². The van der Waals surface area contributed by atoms with E-state index in [0.29, 0.717) is 12.5 Å². The Bertz CT molecular complexity index is 406. The van der Waals surface area contributed by atoms with E-state index in [-0.39, 0.29) is 24.2 Å². The van der Waals surface area contributed by atoms with Crippen molar-refractivity contribution in [2.24, 2.45) is 11.7 Å². The number of hydrogen-bond acceptors (Lipinski definition) is 4. The summed E-state index contributed by atoms with van der Waals surface area (Å²) in [5.41, 5.74) is 5.57. The third-order valence-corrected chi connectivity index (χ3v) is 4.43. The van der Waals surface area contributed by atoms with E-state index in [1.807, 2.05) is 11.4 Å². The van der Waals surface area contributed by atoms with E-state index in [1.165, 1.54) is 4.88 Å². The first-order valence-corrected chi connectivity index (χ1v) is 7.69. The molecule has 1 saturated heterocycles. The summed E-state index contributed by atoms with van der Waals surface area (Å²) in [7, 11) is 0. The lowest BCUT2D eigenvalue weighted by molar-refractivity contribution is -0.132. The number of amides is 1. The molecule has 1 aromatic heterocycles. The van der Waals surface area contributed by atoms with Crippen molar-refractivity contribution in [2.45, 2.75) is 44.9 Å². The Hall–Kier alpha value is -0.910. The molecule has 0 saturated carbocycles. The minimum atomic E-state index is -0.338. The molecular weight excluding hydrogens is 260 g/mol. The van der Waals surface area contributed by atoms with E-state index in [4.69, 9.17) is 10.5 Å². The SMILES string of the molecule is CC(C)C(NC(=O)C1CCC(CN)O1)c1cccs1. The Balaban J connectivity index is 1.96. The first-order valence-electron chi connectivity index (χ1n) is 6.81. The molecule has 0 radical (unpaired) electrons. The number of nitrogens with one attached hydrogen (secondary N) is 1. The van der Waals surface area contributed by atoms with Gasteiger partial charge in [-0.3, -0.25) is 4.79 Å². The highest BCUT2D eigenvalue weighted by atomic mass is 32.1. The van der Waals surface area contributed by atoms with Gasteiger partial charge in [-0.2, -0.15) is 0 Å². The first kappa shape index (κ1) is 14.5. The van der Waals surface area contributed by atoms with Gasteiger partial charge in [0, 0.05) is 11.4 Å². The molecule has 3 unspecified atom stereocenters. The van der Waals surface area contributed by atoms with Crippen LogP contribution < -0.4 is 11.1 Å².